The van der Waals surface area contributed by atoms with Crippen LogP contribution in [0.25, 0.3) is 0 Å². The van der Waals surface area contributed by atoms with Gasteiger partial charge in [-0.25, -0.2) is 13.2 Å². The Labute approximate surface area is 185 Å². The molecule has 2 aliphatic heterocycles. The van der Waals surface area contributed by atoms with E-state index >= 15 is 0 Å². The molecule has 1 aliphatic carbocycles. The fourth-order valence-electron chi connectivity index (χ4n) is 4.88. The number of rotatable bonds is 6. The lowest BCUT2D eigenvalue weighted by molar-refractivity contribution is -0.156. The summed E-state index contributed by atoms with van der Waals surface area (Å²) in [6.07, 6.45) is 3.12. The zero-order chi connectivity index (χ0) is 23.0. The van der Waals surface area contributed by atoms with Crippen molar-refractivity contribution in [1.82, 2.24) is 10.2 Å². The van der Waals surface area contributed by atoms with Gasteiger partial charge in [-0.1, -0.05) is 19.1 Å². The highest BCUT2D eigenvalue weighted by molar-refractivity contribution is 7.91. The average molecular weight is 451 g/mol. The number of carbonyl (C=O) groups excluding carboxylic acids is 2. The van der Waals surface area contributed by atoms with Gasteiger partial charge in [-0.2, -0.15) is 0 Å². The van der Waals surface area contributed by atoms with Gasteiger partial charge in [0, 0.05) is 13.0 Å². The van der Waals surface area contributed by atoms with E-state index in [2.05, 4.69) is 5.32 Å². The highest BCUT2D eigenvalue weighted by atomic mass is 32.2. The summed E-state index contributed by atoms with van der Waals surface area (Å²) >= 11 is 0. The molecule has 1 saturated carbocycles. The second-order valence-electron chi connectivity index (χ2n) is 9.74. The van der Waals surface area contributed by atoms with Crippen molar-refractivity contribution in [3.63, 3.8) is 0 Å². The van der Waals surface area contributed by atoms with E-state index in [0.29, 0.717) is 6.42 Å². The van der Waals surface area contributed by atoms with Gasteiger partial charge < -0.3 is 15.0 Å². The molecule has 0 aromatic heterocycles. The van der Waals surface area contributed by atoms with Crippen LogP contribution in [-0.2, 0) is 19.4 Å². The molecule has 1 aromatic carbocycles. The van der Waals surface area contributed by atoms with Crippen LogP contribution in [0, 0.1) is 5.92 Å². The standard InChI is InChI=1S/C23H34N2O5S/c1-6-15-31(28,29)18-9-7-16(8-10-18)19(24-21(27)30-22(2,3)4)23-13-11-17(12-14-23)20(26)25(23)5/h7-10,17,19H,6,11-15H2,1-5H3,(H,24,27). The maximum atomic E-state index is 12.8. The molecular formula is C23H34N2O5S. The molecule has 0 spiro atoms. The minimum absolute atomic E-state index is 0.0515. The van der Waals surface area contributed by atoms with Crippen LogP contribution < -0.4 is 5.32 Å². The summed E-state index contributed by atoms with van der Waals surface area (Å²) < 4.78 is 30.4. The molecule has 8 heteroatoms. The number of sulfone groups is 1. The Morgan fingerprint density at radius 3 is 2.32 bits per heavy atom. The van der Waals surface area contributed by atoms with Crippen molar-refractivity contribution in [1.29, 1.82) is 0 Å². The maximum Gasteiger partial charge on any atom is 0.408 e. The van der Waals surface area contributed by atoms with Crippen molar-refractivity contribution >= 4 is 21.8 Å². The van der Waals surface area contributed by atoms with Crippen LogP contribution in [0.1, 0.15) is 71.4 Å². The number of hydrogen-bond acceptors (Lipinski definition) is 5. The van der Waals surface area contributed by atoms with E-state index < -0.39 is 33.1 Å². The summed E-state index contributed by atoms with van der Waals surface area (Å²) in [4.78, 5) is 27.6. The summed E-state index contributed by atoms with van der Waals surface area (Å²) in [7, 11) is -1.53. The first-order valence-electron chi connectivity index (χ1n) is 11.0. The summed E-state index contributed by atoms with van der Waals surface area (Å²) in [6, 6.07) is 6.19. The van der Waals surface area contributed by atoms with Crippen molar-refractivity contribution in [3.8, 4) is 0 Å². The van der Waals surface area contributed by atoms with Crippen molar-refractivity contribution in [3.05, 3.63) is 29.8 Å². The number of nitrogens with zero attached hydrogens (tertiary/aromatic N) is 1. The van der Waals surface area contributed by atoms with E-state index in [0.717, 1.165) is 31.2 Å². The second-order valence-corrected chi connectivity index (χ2v) is 11.9. The highest BCUT2D eigenvalue weighted by Gasteiger charge is 2.54. The molecule has 1 aromatic rings. The smallest absolute Gasteiger partial charge is 0.408 e. The zero-order valence-corrected chi connectivity index (χ0v) is 19.9. The van der Waals surface area contributed by atoms with Crippen LogP contribution in [0.3, 0.4) is 0 Å². The van der Waals surface area contributed by atoms with Gasteiger partial charge in [0.1, 0.15) is 5.60 Å². The predicted octanol–water partition coefficient (Wildman–Crippen LogP) is 3.84. The van der Waals surface area contributed by atoms with Gasteiger partial charge in [-0.3, -0.25) is 4.79 Å². The topological polar surface area (TPSA) is 92.8 Å². The number of amides is 2. The lowest BCUT2D eigenvalue weighted by atomic mass is 9.65. The largest absolute Gasteiger partial charge is 0.444 e. The fourth-order valence-corrected chi connectivity index (χ4v) is 6.21. The van der Waals surface area contributed by atoms with Crippen molar-refractivity contribution in [2.24, 2.45) is 5.92 Å². The second kappa shape index (κ2) is 8.45. The molecule has 4 rings (SSSR count). The third-order valence-corrected chi connectivity index (χ3v) is 8.38. The van der Waals surface area contributed by atoms with E-state index in [-0.39, 0.29) is 22.5 Å². The molecule has 3 fully saturated rings. The molecule has 2 bridgehead atoms. The number of ether oxygens (including phenoxy) is 1. The van der Waals surface area contributed by atoms with Gasteiger partial charge in [0.2, 0.25) is 5.91 Å². The van der Waals surface area contributed by atoms with Crippen molar-refractivity contribution in [2.75, 3.05) is 12.8 Å². The van der Waals surface area contributed by atoms with Gasteiger partial charge in [-0.15, -0.1) is 0 Å². The number of hydrogen-bond donors (Lipinski definition) is 1. The number of alkyl carbamates (subject to hydrolysis) is 1. The van der Waals surface area contributed by atoms with Crippen LogP contribution in [0.4, 0.5) is 4.79 Å². The van der Waals surface area contributed by atoms with Crippen LogP contribution in [-0.4, -0.2) is 49.3 Å². The van der Waals surface area contributed by atoms with Crippen LogP contribution in [0.5, 0.6) is 0 Å². The number of nitrogens with one attached hydrogen (secondary N) is 1. The van der Waals surface area contributed by atoms with Crippen LogP contribution >= 0.6 is 0 Å². The molecule has 1 atom stereocenters. The summed E-state index contributed by atoms with van der Waals surface area (Å²) in [5.74, 6) is 0.250. The van der Waals surface area contributed by atoms with Gasteiger partial charge in [-0.05, 0) is 70.6 Å². The molecule has 2 saturated heterocycles. The SMILES string of the molecule is CCCS(=O)(=O)c1ccc(C(NC(=O)OC(C)(C)C)C23CCC(CC2)C(=O)N3C)cc1. The maximum absolute atomic E-state index is 12.8. The van der Waals surface area contributed by atoms with Crippen LogP contribution in [0.15, 0.2) is 29.2 Å². The molecule has 1 unspecified atom stereocenters. The Kier molecular flexibility index (Phi) is 6.42. The Balaban J connectivity index is 1.98. The quantitative estimate of drug-likeness (QED) is 0.711. The first-order chi connectivity index (χ1) is 14.4. The van der Waals surface area contributed by atoms with E-state index in [1.165, 1.54) is 0 Å². The zero-order valence-electron chi connectivity index (χ0n) is 19.1. The van der Waals surface area contributed by atoms with E-state index in [1.54, 1.807) is 57.0 Å². The Bertz CT molecular complexity index is 926. The van der Waals surface area contributed by atoms with E-state index in [1.807, 2.05) is 6.92 Å². The fraction of sp³-hybridized carbons (Fsp3) is 0.652. The Morgan fingerprint density at radius 2 is 1.81 bits per heavy atom. The third-order valence-electron chi connectivity index (χ3n) is 6.44. The molecule has 3 aliphatic rings. The van der Waals surface area contributed by atoms with Crippen molar-refractivity contribution in [2.45, 2.75) is 81.9 Å². The molecule has 1 N–H and O–H groups in total. The molecule has 7 nitrogen and oxygen atoms in total. The minimum Gasteiger partial charge on any atom is -0.444 e. The lowest BCUT2D eigenvalue weighted by Gasteiger charge is -2.56. The molecule has 172 valence electrons. The summed E-state index contributed by atoms with van der Waals surface area (Å²) in [6.45, 7) is 7.23. The number of fused-ring (bicyclic) bond motifs is 3. The summed E-state index contributed by atoms with van der Waals surface area (Å²) in [5.41, 5.74) is -0.454. The van der Waals surface area contributed by atoms with Gasteiger partial charge >= 0.3 is 6.09 Å². The molecule has 31 heavy (non-hydrogen) atoms. The van der Waals surface area contributed by atoms with E-state index in [9.17, 15) is 18.0 Å². The molecular weight excluding hydrogens is 416 g/mol. The van der Waals surface area contributed by atoms with Gasteiger partial charge in [0.05, 0.1) is 22.2 Å². The Hall–Kier alpha value is -2.09. The van der Waals surface area contributed by atoms with Crippen LogP contribution in [0.2, 0.25) is 0 Å². The first kappa shape index (κ1) is 23.6. The van der Waals surface area contributed by atoms with Crippen molar-refractivity contribution < 1.29 is 22.7 Å². The highest BCUT2D eigenvalue weighted by Crippen LogP contribution is 2.49. The first-order valence-corrected chi connectivity index (χ1v) is 12.6. The molecule has 2 heterocycles. The molecule has 2 amide bonds. The number of likely N-dealkylation sites (N-methyl/N-ethyl adjacent to an activating group) is 1. The number of piperidine rings is 2. The number of carbonyl (C=O) groups is 2. The molecule has 0 radical (unpaired) electrons. The Morgan fingerprint density at radius 1 is 1.23 bits per heavy atom. The lowest BCUT2D eigenvalue weighted by Crippen LogP contribution is -2.65. The predicted molar refractivity (Wildman–Crippen MR) is 118 cm³/mol. The normalized spacial score (nSPS) is 24.7. The monoisotopic (exact) mass is 450 g/mol. The average Bonchev–Trinajstić information content (AvgIpc) is 2.69. The number of benzene rings is 1. The third kappa shape index (κ3) is 4.73. The minimum atomic E-state index is -3.33. The van der Waals surface area contributed by atoms with E-state index in [4.69, 9.17) is 4.74 Å². The van der Waals surface area contributed by atoms with Gasteiger partial charge in [0.15, 0.2) is 9.84 Å². The van der Waals surface area contributed by atoms with Gasteiger partial charge in [0.25, 0.3) is 0 Å². The summed E-state index contributed by atoms with van der Waals surface area (Å²) in [5, 5.41) is 3.01.